The Labute approximate surface area is 117 Å². The van der Waals surface area contributed by atoms with E-state index in [1.54, 1.807) is 17.1 Å². The molecule has 4 nitrogen and oxygen atoms in total. The highest BCUT2D eigenvalue weighted by molar-refractivity contribution is 6.25. The lowest BCUT2D eigenvalue weighted by molar-refractivity contribution is -0.141. The number of ketones is 1. The van der Waals surface area contributed by atoms with Crippen molar-refractivity contribution in [1.82, 2.24) is 4.90 Å². The highest BCUT2D eigenvalue weighted by Gasteiger charge is 2.47. The fourth-order valence-electron chi connectivity index (χ4n) is 2.28. The molecule has 0 N–H and O–H groups in total. The normalized spacial score (nSPS) is 26.5. The maximum atomic E-state index is 12.3. The number of Topliss-reactive ketones (excluding diaryl/α,β-unsaturated/α-hetero) is 1. The van der Waals surface area contributed by atoms with Crippen LogP contribution >= 0.6 is 11.6 Å². The quantitative estimate of drug-likeness (QED) is 0.741. The number of allylic oxidation sites excluding steroid dienone is 2. The van der Waals surface area contributed by atoms with Gasteiger partial charge in [0.05, 0.1) is 18.3 Å². The van der Waals surface area contributed by atoms with Crippen LogP contribution < -0.4 is 0 Å². The number of carbonyl (C=O) groups is 2. The smallest absolute Gasteiger partial charge is 0.264 e. The summed E-state index contributed by atoms with van der Waals surface area (Å²) < 4.78 is 5.31. The summed E-state index contributed by atoms with van der Waals surface area (Å²) in [6.07, 6.45) is 5.93. The van der Waals surface area contributed by atoms with Crippen molar-refractivity contribution < 1.29 is 14.3 Å². The molecular weight excluding hydrogens is 266 g/mol. The third-order valence-electron chi connectivity index (χ3n) is 3.20. The van der Waals surface area contributed by atoms with Crippen molar-refractivity contribution in [2.24, 2.45) is 5.92 Å². The molecule has 1 saturated heterocycles. The van der Waals surface area contributed by atoms with Crippen molar-refractivity contribution in [3.63, 3.8) is 0 Å². The topological polar surface area (TPSA) is 46.6 Å². The summed E-state index contributed by atoms with van der Waals surface area (Å²) in [5.74, 6) is -0.330. The van der Waals surface area contributed by atoms with Crippen molar-refractivity contribution in [2.45, 2.75) is 26.0 Å². The minimum Gasteiger partial charge on any atom is -0.356 e. The van der Waals surface area contributed by atoms with E-state index in [0.717, 1.165) is 0 Å². The summed E-state index contributed by atoms with van der Waals surface area (Å²) in [4.78, 5) is 26.0. The molecule has 0 saturated carbocycles. The van der Waals surface area contributed by atoms with Crippen molar-refractivity contribution in [2.75, 3.05) is 6.61 Å². The molecule has 102 valence electrons. The number of nitrogens with zero attached hydrogens (tertiary/aromatic N) is 1. The lowest BCUT2D eigenvalue weighted by Crippen LogP contribution is -2.41. The second kappa shape index (κ2) is 5.72. The summed E-state index contributed by atoms with van der Waals surface area (Å²) in [7, 11) is 0. The van der Waals surface area contributed by atoms with Gasteiger partial charge in [0.2, 0.25) is 11.9 Å². The molecule has 5 heteroatoms. The average Bonchev–Trinajstić information content (AvgIpc) is 2.64. The Balaban J connectivity index is 2.21. The van der Waals surface area contributed by atoms with Crippen LogP contribution in [0.25, 0.3) is 0 Å². The first-order chi connectivity index (χ1) is 9.07. The highest BCUT2D eigenvalue weighted by atomic mass is 35.5. The molecule has 0 bridgehead atoms. The summed E-state index contributed by atoms with van der Waals surface area (Å²) in [5.41, 5.74) is 1.72. The second-order valence-electron chi connectivity index (χ2n) is 4.82. The maximum absolute atomic E-state index is 12.3. The van der Waals surface area contributed by atoms with Gasteiger partial charge in [-0.25, -0.2) is 0 Å². The molecule has 0 aromatic carbocycles. The van der Waals surface area contributed by atoms with Gasteiger partial charge in [-0.3, -0.25) is 14.5 Å². The predicted molar refractivity (Wildman–Crippen MR) is 72.4 cm³/mol. The van der Waals surface area contributed by atoms with Gasteiger partial charge >= 0.3 is 0 Å². The molecule has 1 fully saturated rings. The van der Waals surface area contributed by atoms with Crippen LogP contribution in [-0.4, -0.2) is 35.3 Å². The van der Waals surface area contributed by atoms with Gasteiger partial charge in [0, 0.05) is 5.54 Å². The first-order valence-corrected chi connectivity index (χ1v) is 6.64. The first kappa shape index (κ1) is 14.0. The minimum atomic E-state index is -1.04. The Kier molecular flexibility index (Phi) is 4.22. The van der Waals surface area contributed by atoms with E-state index in [0.29, 0.717) is 5.70 Å². The van der Waals surface area contributed by atoms with E-state index in [1.807, 2.05) is 26.0 Å². The van der Waals surface area contributed by atoms with Gasteiger partial charge in [0.25, 0.3) is 5.91 Å². The lowest BCUT2D eigenvalue weighted by atomic mass is 9.99. The monoisotopic (exact) mass is 281 g/mol. The number of hydrogen-bond acceptors (Lipinski definition) is 3. The molecule has 0 radical (unpaired) electrons. The minimum absolute atomic E-state index is 0.0892. The van der Waals surface area contributed by atoms with E-state index >= 15 is 0 Å². The Morgan fingerprint density at radius 3 is 2.84 bits per heavy atom. The van der Waals surface area contributed by atoms with Crippen LogP contribution in [0.4, 0.5) is 0 Å². The zero-order valence-electron chi connectivity index (χ0n) is 10.9. The molecule has 0 aliphatic carbocycles. The molecule has 1 amide bonds. The molecular formula is C14H16ClNO3. The number of fused-ring (bicyclic) bond motifs is 1. The number of ether oxygens (including phenoxy) is 1. The fraction of sp³-hybridized carbons (Fsp3) is 0.429. The summed E-state index contributed by atoms with van der Waals surface area (Å²) in [6.45, 7) is 4.17. The Hall–Kier alpha value is -1.39. The molecule has 2 unspecified atom stereocenters. The Bertz CT molecular complexity index is 479. The molecule has 2 atom stereocenters. The van der Waals surface area contributed by atoms with Crippen LogP contribution in [0.1, 0.15) is 13.8 Å². The van der Waals surface area contributed by atoms with Crippen LogP contribution in [0.3, 0.4) is 0 Å². The molecule has 2 aliphatic heterocycles. The summed E-state index contributed by atoms with van der Waals surface area (Å²) >= 11 is 5.38. The van der Waals surface area contributed by atoms with E-state index in [-0.39, 0.29) is 30.3 Å². The molecule has 0 spiro atoms. The summed E-state index contributed by atoms with van der Waals surface area (Å²) in [6, 6.07) is -0.0892. The van der Waals surface area contributed by atoms with Gasteiger partial charge in [-0.1, -0.05) is 37.6 Å². The largest absolute Gasteiger partial charge is 0.356 e. The molecule has 2 aliphatic rings. The Morgan fingerprint density at radius 1 is 1.47 bits per heavy atom. The number of amides is 1. The van der Waals surface area contributed by atoms with Crippen molar-refractivity contribution >= 4 is 23.3 Å². The molecule has 0 aromatic heterocycles. The van der Waals surface area contributed by atoms with E-state index < -0.39 is 6.10 Å². The second-order valence-corrected chi connectivity index (χ2v) is 5.07. The predicted octanol–water partition coefficient (Wildman–Crippen LogP) is 2.01. The third-order valence-corrected chi connectivity index (χ3v) is 3.38. The summed E-state index contributed by atoms with van der Waals surface area (Å²) in [5, 5.41) is 0. The number of carbonyl (C=O) groups excluding carboxylic acids is 2. The van der Waals surface area contributed by atoms with Crippen LogP contribution in [0.15, 0.2) is 35.5 Å². The fourth-order valence-corrected chi connectivity index (χ4v) is 2.36. The molecule has 0 aromatic rings. The molecule has 2 heterocycles. The first-order valence-electron chi connectivity index (χ1n) is 6.20. The van der Waals surface area contributed by atoms with Crippen molar-refractivity contribution in [1.29, 1.82) is 0 Å². The highest BCUT2D eigenvalue weighted by Crippen LogP contribution is 2.30. The number of rotatable bonds is 4. The SMILES string of the molecule is CC(C)C1C=CC=C2C(=O)C(OCC=CCl)C(=O)N21. The Morgan fingerprint density at radius 2 is 2.21 bits per heavy atom. The van der Waals surface area contributed by atoms with E-state index in [4.69, 9.17) is 16.3 Å². The van der Waals surface area contributed by atoms with Gasteiger partial charge < -0.3 is 4.74 Å². The zero-order chi connectivity index (χ0) is 14.0. The maximum Gasteiger partial charge on any atom is 0.264 e. The van der Waals surface area contributed by atoms with Gasteiger partial charge in [-0.2, -0.15) is 0 Å². The molecule has 2 rings (SSSR count). The van der Waals surface area contributed by atoms with Crippen LogP contribution in [0.5, 0.6) is 0 Å². The van der Waals surface area contributed by atoms with E-state index in [9.17, 15) is 9.59 Å². The van der Waals surface area contributed by atoms with Gasteiger partial charge in [0.15, 0.2) is 0 Å². The van der Waals surface area contributed by atoms with Crippen LogP contribution in [-0.2, 0) is 14.3 Å². The standard InChI is InChI=1S/C14H16ClNO3/c1-9(2)10-5-3-6-11-12(17)13(14(18)16(10)11)19-8-4-7-15/h3-7,9-10,13H,8H2,1-2H3. The molecule has 19 heavy (non-hydrogen) atoms. The van der Waals surface area contributed by atoms with Gasteiger partial charge in [-0.05, 0) is 18.1 Å². The van der Waals surface area contributed by atoms with E-state index in [2.05, 4.69) is 0 Å². The number of hydrogen-bond donors (Lipinski definition) is 0. The van der Waals surface area contributed by atoms with Gasteiger partial charge in [0.1, 0.15) is 0 Å². The zero-order valence-corrected chi connectivity index (χ0v) is 11.6. The van der Waals surface area contributed by atoms with Crippen LogP contribution in [0, 0.1) is 5.92 Å². The van der Waals surface area contributed by atoms with Crippen LogP contribution in [0.2, 0.25) is 0 Å². The van der Waals surface area contributed by atoms with Crippen molar-refractivity contribution in [3.8, 4) is 0 Å². The number of halogens is 1. The van der Waals surface area contributed by atoms with Gasteiger partial charge in [-0.15, -0.1) is 0 Å². The third kappa shape index (κ3) is 2.51. The average molecular weight is 282 g/mol. The van der Waals surface area contributed by atoms with E-state index in [1.165, 1.54) is 5.54 Å². The lowest BCUT2D eigenvalue weighted by Gasteiger charge is -2.30. The van der Waals surface area contributed by atoms with Crippen molar-refractivity contribution in [3.05, 3.63) is 35.5 Å².